The van der Waals surface area contributed by atoms with Crippen LogP contribution in [0.3, 0.4) is 0 Å². The van der Waals surface area contributed by atoms with Gasteiger partial charge in [-0.1, -0.05) is 24.3 Å². The summed E-state index contributed by atoms with van der Waals surface area (Å²) in [7, 11) is 3.34. The van der Waals surface area contributed by atoms with Crippen molar-refractivity contribution in [2.75, 3.05) is 20.8 Å². The Kier molecular flexibility index (Phi) is 5.35. The summed E-state index contributed by atoms with van der Waals surface area (Å²) in [5.74, 6) is 3.17. The second-order valence-corrected chi connectivity index (χ2v) is 7.73. The number of para-hydroxylation sites is 1. The summed E-state index contributed by atoms with van der Waals surface area (Å²) in [6, 6.07) is 22.1. The van der Waals surface area contributed by atoms with Crippen LogP contribution in [0.25, 0.3) is 0 Å². The van der Waals surface area contributed by atoms with Crippen molar-refractivity contribution < 1.29 is 18.9 Å². The molecule has 0 N–H and O–H groups in total. The van der Waals surface area contributed by atoms with E-state index in [1.807, 2.05) is 61.5 Å². The lowest BCUT2D eigenvalue weighted by Crippen LogP contribution is -2.33. The number of hydrazone groups is 1. The first-order valence-corrected chi connectivity index (χ1v) is 10.8. The van der Waals surface area contributed by atoms with Crippen LogP contribution in [0, 0.1) is 0 Å². The number of benzene rings is 3. The molecule has 0 bridgehead atoms. The summed E-state index contributed by atoms with van der Waals surface area (Å²) in [5, 5.41) is 7.09. The van der Waals surface area contributed by atoms with E-state index in [0.717, 1.165) is 51.8 Å². The Bertz CT molecular complexity index is 1140. The van der Waals surface area contributed by atoms with Crippen molar-refractivity contribution in [2.24, 2.45) is 5.10 Å². The maximum Gasteiger partial charge on any atom is 0.214 e. The zero-order valence-electron chi connectivity index (χ0n) is 18.4. The van der Waals surface area contributed by atoms with Gasteiger partial charge in [0, 0.05) is 23.1 Å². The van der Waals surface area contributed by atoms with Gasteiger partial charge in [0.25, 0.3) is 0 Å². The Labute approximate surface area is 188 Å². The molecule has 3 aromatic rings. The third-order valence-electron chi connectivity index (χ3n) is 5.88. The summed E-state index contributed by atoms with van der Waals surface area (Å²) in [6.45, 7) is 2.56. The molecule has 2 aliphatic rings. The second-order valence-electron chi connectivity index (χ2n) is 7.73. The monoisotopic (exact) mass is 430 g/mol. The van der Waals surface area contributed by atoms with E-state index in [0.29, 0.717) is 6.61 Å². The smallest absolute Gasteiger partial charge is 0.214 e. The van der Waals surface area contributed by atoms with Crippen LogP contribution in [0.5, 0.6) is 23.0 Å². The number of hydrogen-bond donors (Lipinski definition) is 0. The van der Waals surface area contributed by atoms with E-state index in [1.54, 1.807) is 14.2 Å². The van der Waals surface area contributed by atoms with Crippen molar-refractivity contribution in [1.29, 1.82) is 0 Å². The van der Waals surface area contributed by atoms with Crippen LogP contribution in [0.15, 0.2) is 71.8 Å². The quantitative estimate of drug-likeness (QED) is 0.528. The average Bonchev–Trinajstić information content (AvgIpc) is 3.30. The molecule has 0 spiro atoms. The van der Waals surface area contributed by atoms with Gasteiger partial charge in [0.2, 0.25) is 6.23 Å². The highest BCUT2D eigenvalue weighted by Crippen LogP contribution is 2.50. The van der Waals surface area contributed by atoms with Gasteiger partial charge < -0.3 is 18.9 Å². The molecule has 32 heavy (non-hydrogen) atoms. The summed E-state index contributed by atoms with van der Waals surface area (Å²) >= 11 is 0. The van der Waals surface area contributed by atoms with Crippen LogP contribution < -0.4 is 18.9 Å². The van der Waals surface area contributed by atoms with Crippen LogP contribution in [0.2, 0.25) is 0 Å². The Morgan fingerprint density at radius 1 is 0.969 bits per heavy atom. The van der Waals surface area contributed by atoms with Crippen LogP contribution in [0.4, 0.5) is 0 Å². The molecule has 0 amide bonds. The van der Waals surface area contributed by atoms with E-state index in [-0.39, 0.29) is 12.3 Å². The van der Waals surface area contributed by atoms with Gasteiger partial charge in [-0.2, -0.15) is 5.10 Å². The van der Waals surface area contributed by atoms with Crippen LogP contribution in [-0.4, -0.2) is 31.5 Å². The third kappa shape index (κ3) is 3.51. The maximum atomic E-state index is 6.55. The summed E-state index contributed by atoms with van der Waals surface area (Å²) in [5.41, 5.74) is 4.14. The lowest BCUT2D eigenvalue weighted by Gasteiger charge is -2.38. The predicted molar refractivity (Wildman–Crippen MR) is 123 cm³/mol. The summed E-state index contributed by atoms with van der Waals surface area (Å²) in [6.07, 6.45) is 0.397. The lowest BCUT2D eigenvalue weighted by atomic mass is 9.95. The molecular formula is C26H26N2O4. The van der Waals surface area contributed by atoms with Crippen molar-refractivity contribution in [2.45, 2.75) is 25.6 Å². The molecule has 0 radical (unpaired) electrons. The highest BCUT2D eigenvalue weighted by molar-refractivity contribution is 6.02. The summed E-state index contributed by atoms with van der Waals surface area (Å²) < 4.78 is 23.2. The van der Waals surface area contributed by atoms with E-state index in [1.165, 1.54) is 0 Å². The Morgan fingerprint density at radius 2 is 1.75 bits per heavy atom. The molecule has 6 nitrogen and oxygen atoms in total. The zero-order valence-corrected chi connectivity index (χ0v) is 18.4. The lowest BCUT2D eigenvalue weighted by molar-refractivity contribution is -0.0212. The van der Waals surface area contributed by atoms with Gasteiger partial charge in [0.1, 0.15) is 11.5 Å². The van der Waals surface area contributed by atoms with Gasteiger partial charge in [-0.25, -0.2) is 5.01 Å². The van der Waals surface area contributed by atoms with Gasteiger partial charge in [-0.3, -0.25) is 0 Å². The fraction of sp³-hybridized carbons (Fsp3) is 0.269. The minimum Gasteiger partial charge on any atom is -0.497 e. The van der Waals surface area contributed by atoms with Gasteiger partial charge in [0.05, 0.1) is 32.6 Å². The van der Waals surface area contributed by atoms with Crippen molar-refractivity contribution in [3.8, 4) is 23.0 Å². The summed E-state index contributed by atoms with van der Waals surface area (Å²) in [4.78, 5) is 0. The fourth-order valence-electron chi connectivity index (χ4n) is 4.32. The molecule has 0 aliphatic carbocycles. The SMILES string of the molecule is CCOc1cccc2c1OC(c1ccc(OC)cc1)N1N=C(c3cccc(OC)c3)CC21. The first kappa shape index (κ1) is 20.2. The molecule has 3 aromatic carbocycles. The number of rotatable bonds is 6. The normalized spacial score (nSPS) is 18.8. The highest BCUT2D eigenvalue weighted by atomic mass is 16.5. The van der Waals surface area contributed by atoms with Crippen molar-refractivity contribution in [3.05, 3.63) is 83.4 Å². The largest absolute Gasteiger partial charge is 0.497 e. The van der Waals surface area contributed by atoms with Crippen molar-refractivity contribution in [3.63, 3.8) is 0 Å². The number of hydrogen-bond acceptors (Lipinski definition) is 6. The topological polar surface area (TPSA) is 52.5 Å². The minimum absolute atomic E-state index is 0.0486. The standard InChI is InChI=1S/C26H26N2O4/c1-4-31-24-10-6-9-21-23-16-22(18-7-5-8-20(15-18)30-3)27-28(23)26(32-25(21)24)17-11-13-19(29-2)14-12-17/h5-15,23,26H,4,16H2,1-3H3. The number of fused-ring (bicyclic) bond motifs is 3. The molecular weight excluding hydrogens is 404 g/mol. The molecule has 0 aromatic heterocycles. The Balaban J connectivity index is 1.59. The predicted octanol–water partition coefficient (Wildman–Crippen LogP) is 5.34. The van der Waals surface area contributed by atoms with Gasteiger partial charge in [0.15, 0.2) is 11.5 Å². The van der Waals surface area contributed by atoms with E-state index in [9.17, 15) is 0 Å². The van der Waals surface area contributed by atoms with E-state index >= 15 is 0 Å². The molecule has 6 heteroatoms. The maximum absolute atomic E-state index is 6.55. The Hall–Kier alpha value is -3.67. The number of nitrogens with zero attached hydrogens (tertiary/aromatic N) is 2. The fourth-order valence-corrected chi connectivity index (χ4v) is 4.32. The van der Waals surface area contributed by atoms with E-state index in [4.69, 9.17) is 24.0 Å². The molecule has 2 aliphatic heterocycles. The number of methoxy groups -OCH3 is 2. The molecule has 2 atom stereocenters. The van der Waals surface area contributed by atoms with E-state index in [2.05, 4.69) is 17.1 Å². The van der Waals surface area contributed by atoms with Gasteiger partial charge in [-0.15, -0.1) is 0 Å². The first-order valence-electron chi connectivity index (χ1n) is 10.8. The zero-order chi connectivity index (χ0) is 22.1. The molecule has 0 saturated carbocycles. The molecule has 2 heterocycles. The Morgan fingerprint density at radius 3 is 2.50 bits per heavy atom. The molecule has 0 fully saturated rings. The number of ether oxygens (including phenoxy) is 4. The van der Waals surface area contributed by atoms with Crippen LogP contribution >= 0.6 is 0 Å². The van der Waals surface area contributed by atoms with Gasteiger partial charge in [-0.05, 0) is 49.4 Å². The molecule has 0 saturated heterocycles. The molecule has 5 rings (SSSR count). The first-order chi connectivity index (χ1) is 15.7. The molecule has 164 valence electrons. The third-order valence-corrected chi connectivity index (χ3v) is 5.88. The average molecular weight is 431 g/mol. The second kappa shape index (κ2) is 8.46. The van der Waals surface area contributed by atoms with Crippen molar-refractivity contribution in [1.82, 2.24) is 5.01 Å². The van der Waals surface area contributed by atoms with Gasteiger partial charge >= 0.3 is 0 Å². The van der Waals surface area contributed by atoms with Crippen LogP contribution in [0.1, 0.15) is 42.3 Å². The highest BCUT2D eigenvalue weighted by Gasteiger charge is 2.42. The van der Waals surface area contributed by atoms with Crippen LogP contribution in [-0.2, 0) is 0 Å². The van der Waals surface area contributed by atoms with E-state index < -0.39 is 0 Å². The van der Waals surface area contributed by atoms with Crippen molar-refractivity contribution >= 4 is 5.71 Å². The molecule has 2 unspecified atom stereocenters. The minimum atomic E-state index is -0.372.